The molecule has 7 heteroatoms. The van der Waals surface area contributed by atoms with Gasteiger partial charge in [-0.25, -0.2) is 4.79 Å². The predicted octanol–water partition coefficient (Wildman–Crippen LogP) is 3.94. The first-order valence-corrected chi connectivity index (χ1v) is 8.35. The number of ketones is 1. The summed E-state index contributed by atoms with van der Waals surface area (Å²) in [5, 5.41) is 3.15. The van der Waals surface area contributed by atoms with Gasteiger partial charge in [0.2, 0.25) is 5.91 Å². The van der Waals surface area contributed by atoms with E-state index in [2.05, 4.69) is 5.32 Å². The van der Waals surface area contributed by atoms with Crippen LogP contribution in [0.25, 0.3) is 0 Å². The van der Waals surface area contributed by atoms with Crippen molar-refractivity contribution in [3.63, 3.8) is 0 Å². The molecule has 0 spiro atoms. The molecule has 0 aliphatic carbocycles. The van der Waals surface area contributed by atoms with Crippen LogP contribution in [0.4, 0.5) is 5.69 Å². The third kappa shape index (κ3) is 5.04. The van der Waals surface area contributed by atoms with Crippen molar-refractivity contribution in [3.05, 3.63) is 62.2 Å². The summed E-state index contributed by atoms with van der Waals surface area (Å²) in [6.45, 7) is 1.04. The molecule has 0 atom stereocenters. The van der Waals surface area contributed by atoms with Gasteiger partial charge in [0.1, 0.15) is 0 Å². The average Bonchev–Trinajstić information content (AvgIpc) is 2.55. The molecule has 0 heterocycles. The Kier molecular flexibility index (Phi) is 6.33. The van der Waals surface area contributed by atoms with Crippen LogP contribution in [0.5, 0.6) is 0 Å². The molecule has 0 fully saturated rings. The minimum Gasteiger partial charge on any atom is -0.454 e. The molecule has 2 rings (SSSR count). The summed E-state index contributed by atoms with van der Waals surface area (Å²) in [6, 6.07) is 11.1. The minimum atomic E-state index is -0.590. The van der Waals surface area contributed by atoms with E-state index in [0.717, 1.165) is 3.57 Å². The lowest BCUT2D eigenvalue weighted by Crippen LogP contribution is -2.14. The molecule has 0 aromatic heterocycles. The maximum atomic E-state index is 12.0. The fourth-order valence-corrected chi connectivity index (χ4v) is 2.50. The Morgan fingerprint density at radius 1 is 1.08 bits per heavy atom. The van der Waals surface area contributed by atoms with Crippen molar-refractivity contribution in [2.24, 2.45) is 0 Å². The SMILES string of the molecule is CC(=O)Nc1ccc(C(=O)COC(=O)c2ccc(Cl)c(I)c2)cc1. The molecule has 0 saturated carbocycles. The number of Topliss-reactive ketones (excluding diaryl/α,β-unsaturated/α-hetero) is 1. The zero-order valence-corrected chi connectivity index (χ0v) is 15.6. The van der Waals surface area contributed by atoms with Crippen LogP contribution >= 0.6 is 34.2 Å². The lowest BCUT2D eigenvalue weighted by atomic mass is 10.1. The summed E-state index contributed by atoms with van der Waals surface area (Å²) in [4.78, 5) is 34.9. The van der Waals surface area contributed by atoms with Crippen molar-refractivity contribution in [3.8, 4) is 0 Å². The molecule has 24 heavy (non-hydrogen) atoms. The minimum absolute atomic E-state index is 0.194. The van der Waals surface area contributed by atoms with Crippen LogP contribution in [-0.4, -0.2) is 24.3 Å². The fourth-order valence-electron chi connectivity index (χ4n) is 1.86. The molecule has 0 aliphatic rings. The second-order valence-electron chi connectivity index (χ2n) is 4.89. The second-order valence-corrected chi connectivity index (χ2v) is 6.46. The maximum Gasteiger partial charge on any atom is 0.338 e. The molecule has 0 unspecified atom stereocenters. The van der Waals surface area contributed by atoms with Crippen LogP contribution < -0.4 is 5.32 Å². The van der Waals surface area contributed by atoms with Gasteiger partial charge in [-0.1, -0.05) is 11.6 Å². The average molecular weight is 458 g/mol. The molecule has 0 radical (unpaired) electrons. The highest BCUT2D eigenvalue weighted by molar-refractivity contribution is 14.1. The Balaban J connectivity index is 1.95. The molecule has 124 valence electrons. The predicted molar refractivity (Wildman–Crippen MR) is 99.5 cm³/mol. The Bertz CT molecular complexity index is 790. The van der Waals surface area contributed by atoms with Gasteiger partial charge < -0.3 is 10.1 Å². The molecule has 0 saturated heterocycles. The molecule has 2 aromatic carbocycles. The zero-order valence-electron chi connectivity index (χ0n) is 12.6. The van der Waals surface area contributed by atoms with E-state index >= 15 is 0 Å². The number of carbonyl (C=O) groups is 3. The van der Waals surface area contributed by atoms with Crippen molar-refractivity contribution in [2.75, 3.05) is 11.9 Å². The lowest BCUT2D eigenvalue weighted by Gasteiger charge is -2.06. The summed E-state index contributed by atoms with van der Waals surface area (Å²) in [6.07, 6.45) is 0. The number of nitrogens with one attached hydrogen (secondary N) is 1. The molecular weight excluding hydrogens is 445 g/mol. The highest BCUT2D eigenvalue weighted by Crippen LogP contribution is 2.20. The monoisotopic (exact) mass is 457 g/mol. The van der Waals surface area contributed by atoms with Gasteiger partial charge in [0, 0.05) is 21.7 Å². The van der Waals surface area contributed by atoms with Crippen LogP contribution in [0.3, 0.4) is 0 Å². The number of hydrogen-bond acceptors (Lipinski definition) is 4. The summed E-state index contributed by atoms with van der Waals surface area (Å²) >= 11 is 7.91. The molecule has 2 aromatic rings. The van der Waals surface area contributed by atoms with E-state index in [0.29, 0.717) is 21.8 Å². The van der Waals surface area contributed by atoms with Gasteiger partial charge in [0.15, 0.2) is 12.4 Å². The van der Waals surface area contributed by atoms with E-state index in [4.69, 9.17) is 16.3 Å². The third-order valence-electron chi connectivity index (χ3n) is 3.02. The third-order valence-corrected chi connectivity index (χ3v) is 4.56. The molecular formula is C17H13ClINO4. The highest BCUT2D eigenvalue weighted by atomic mass is 127. The number of rotatable bonds is 5. The van der Waals surface area contributed by atoms with E-state index in [-0.39, 0.29) is 18.3 Å². The summed E-state index contributed by atoms with van der Waals surface area (Å²) < 4.78 is 5.75. The summed E-state index contributed by atoms with van der Waals surface area (Å²) in [5.74, 6) is -1.12. The van der Waals surface area contributed by atoms with Crippen LogP contribution in [0.1, 0.15) is 27.6 Å². The largest absolute Gasteiger partial charge is 0.454 e. The number of anilines is 1. The number of halogens is 2. The molecule has 1 amide bonds. The quantitative estimate of drug-likeness (QED) is 0.419. The van der Waals surface area contributed by atoms with E-state index in [1.807, 2.05) is 22.6 Å². The van der Waals surface area contributed by atoms with Crippen molar-refractivity contribution < 1.29 is 19.1 Å². The molecule has 0 bridgehead atoms. The number of esters is 1. The van der Waals surface area contributed by atoms with Gasteiger partial charge in [-0.15, -0.1) is 0 Å². The van der Waals surface area contributed by atoms with E-state index < -0.39 is 5.97 Å². The van der Waals surface area contributed by atoms with Crippen LogP contribution in [0.2, 0.25) is 5.02 Å². The van der Waals surface area contributed by atoms with Crippen LogP contribution in [0, 0.1) is 3.57 Å². The lowest BCUT2D eigenvalue weighted by molar-refractivity contribution is -0.114. The first kappa shape index (κ1) is 18.4. The first-order chi connectivity index (χ1) is 11.4. The number of carbonyl (C=O) groups excluding carboxylic acids is 3. The Labute approximate surface area is 157 Å². The van der Waals surface area contributed by atoms with Gasteiger partial charge in [0.25, 0.3) is 0 Å². The van der Waals surface area contributed by atoms with E-state index in [1.54, 1.807) is 42.5 Å². The number of hydrogen-bond donors (Lipinski definition) is 1. The normalized spacial score (nSPS) is 10.1. The Morgan fingerprint density at radius 2 is 1.71 bits per heavy atom. The van der Waals surface area contributed by atoms with Gasteiger partial charge in [-0.3, -0.25) is 9.59 Å². The van der Waals surface area contributed by atoms with Gasteiger partial charge in [-0.05, 0) is 65.1 Å². The van der Waals surface area contributed by atoms with E-state index in [9.17, 15) is 14.4 Å². The summed E-state index contributed by atoms with van der Waals surface area (Å²) in [7, 11) is 0. The Hall–Kier alpha value is -1.93. The number of benzene rings is 2. The molecule has 1 N–H and O–H groups in total. The number of amides is 1. The van der Waals surface area contributed by atoms with Crippen LogP contribution in [-0.2, 0) is 9.53 Å². The second kappa shape index (κ2) is 8.25. The standard InChI is InChI=1S/C17H13ClINO4/c1-10(21)20-13-5-2-11(3-6-13)16(22)9-24-17(23)12-4-7-14(18)15(19)8-12/h2-8H,9H2,1H3,(H,20,21). The smallest absolute Gasteiger partial charge is 0.338 e. The molecule has 5 nitrogen and oxygen atoms in total. The number of ether oxygens (including phenoxy) is 1. The highest BCUT2D eigenvalue weighted by Gasteiger charge is 2.13. The van der Waals surface area contributed by atoms with Crippen LogP contribution in [0.15, 0.2) is 42.5 Å². The topological polar surface area (TPSA) is 72.5 Å². The fraction of sp³-hybridized carbons (Fsp3) is 0.118. The molecule has 0 aliphatic heterocycles. The van der Waals surface area contributed by atoms with Gasteiger partial charge in [-0.2, -0.15) is 0 Å². The van der Waals surface area contributed by atoms with Crippen molar-refractivity contribution in [2.45, 2.75) is 6.92 Å². The van der Waals surface area contributed by atoms with Crippen molar-refractivity contribution in [1.29, 1.82) is 0 Å². The van der Waals surface area contributed by atoms with E-state index in [1.165, 1.54) is 6.92 Å². The van der Waals surface area contributed by atoms with Crippen molar-refractivity contribution >= 4 is 57.5 Å². The van der Waals surface area contributed by atoms with Gasteiger partial charge >= 0.3 is 5.97 Å². The van der Waals surface area contributed by atoms with Gasteiger partial charge in [0.05, 0.1) is 10.6 Å². The first-order valence-electron chi connectivity index (χ1n) is 6.90. The summed E-state index contributed by atoms with van der Waals surface area (Å²) in [5.41, 5.74) is 1.31. The zero-order chi connectivity index (χ0) is 17.7. The Morgan fingerprint density at radius 3 is 2.29 bits per heavy atom. The maximum absolute atomic E-state index is 12.0. The van der Waals surface area contributed by atoms with Crippen molar-refractivity contribution in [1.82, 2.24) is 0 Å².